The van der Waals surface area contributed by atoms with Crippen LogP contribution in [0.5, 0.6) is 0 Å². The van der Waals surface area contributed by atoms with Crippen LogP contribution in [0.25, 0.3) is 0 Å². The van der Waals surface area contributed by atoms with E-state index in [4.69, 9.17) is 9.84 Å². The second kappa shape index (κ2) is 4.34. The first-order valence-corrected chi connectivity index (χ1v) is 4.24. The molecule has 0 saturated carbocycles. The smallest absolute Gasteiger partial charge is 0.255 e. The first kappa shape index (κ1) is 10.1. The van der Waals surface area contributed by atoms with Crippen LogP contribution < -0.4 is 0 Å². The third-order valence-electron chi connectivity index (χ3n) is 2.04. The van der Waals surface area contributed by atoms with Crippen molar-refractivity contribution < 1.29 is 19.4 Å². The molecule has 5 nitrogen and oxygen atoms in total. The van der Waals surface area contributed by atoms with E-state index in [1.807, 2.05) is 6.92 Å². The minimum Gasteiger partial charge on any atom is -0.394 e. The minimum absolute atomic E-state index is 0.0672. The van der Waals surface area contributed by atoms with Crippen LogP contribution >= 0.6 is 0 Å². The molecular weight excluding hydrogens is 174 g/mol. The van der Waals surface area contributed by atoms with Crippen molar-refractivity contribution in [3.8, 4) is 0 Å². The molecule has 0 aromatic heterocycles. The van der Waals surface area contributed by atoms with Crippen LogP contribution in [0.3, 0.4) is 0 Å². The Morgan fingerprint density at radius 2 is 2.00 bits per heavy atom. The monoisotopic (exact) mass is 187 g/mol. The fraction of sp³-hybridized carbons (Fsp3) is 0.750. The van der Waals surface area contributed by atoms with Gasteiger partial charge in [-0.05, 0) is 6.42 Å². The highest BCUT2D eigenvalue weighted by molar-refractivity contribution is 5.98. The quantitative estimate of drug-likeness (QED) is 0.584. The third-order valence-corrected chi connectivity index (χ3v) is 2.04. The highest BCUT2D eigenvalue weighted by Gasteiger charge is 2.31. The van der Waals surface area contributed by atoms with Crippen LogP contribution in [0, 0.1) is 0 Å². The van der Waals surface area contributed by atoms with Crippen LogP contribution in [0.4, 0.5) is 0 Å². The molecule has 5 heteroatoms. The molecule has 1 aliphatic rings. The second-order valence-electron chi connectivity index (χ2n) is 2.89. The van der Waals surface area contributed by atoms with Gasteiger partial charge in [-0.25, -0.2) is 0 Å². The topological polar surface area (TPSA) is 66.8 Å². The summed E-state index contributed by atoms with van der Waals surface area (Å²) >= 11 is 0. The molecule has 1 atom stereocenters. The summed E-state index contributed by atoms with van der Waals surface area (Å²) in [6.07, 6.45) is 0.563. The Bertz CT molecular complexity index is 196. The molecule has 1 saturated heterocycles. The van der Waals surface area contributed by atoms with Gasteiger partial charge < -0.3 is 9.84 Å². The van der Waals surface area contributed by atoms with E-state index in [1.54, 1.807) is 0 Å². The van der Waals surface area contributed by atoms with Gasteiger partial charge in [0.2, 0.25) is 0 Å². The van der Waals surface area contributed by atoms with E-state index in [0.717, 1.165) is 4.90 Å². The molecule has 0 bridgehead atoms. The van der Waals surface area contributed by atoms with Crippen molar-refractivity contribution in [2.75, 3.05) is 19.8 Å². The molecule has 74 valence electrons. The minimum atomic E-state index is -0.399. The van der Waals surface area contributed by atoms with Crippen molar-refractivity contribution in [1.82, 2.24) is 4.90 Å². The van der Waals surface area contributed by atoms with Crippen molar-refractivity contribution in [1.29, 1.82) is 0 Å². The molecule has 0 aromatic rings. The van der Waals surface area contributed by atoms with Gasteiger partial charge >= 0.3 is 0 Å². The van der Waals surface area contributed by atoms with E-state index in [2.05, 4.69) is 0 Å². The summed E-state index contributed by atoms with van der Waals surface area (Å²) in [5, 5.41) is 8.93. The summed E-state index contributed by atoms with van der Waals surface area (Å²) in [6.45, 7) is 1.50. The summed E-state index contributed by atoms with van der Waals surface area (Å²) in [5.74, 6) is -0.727. The molecule has 1 heterocycles. The molecular formula is C8H13NO4. The van der Waals surface area contributed by atoms with Crippen LogP contribution in [-0.4, -0.2) is 47.7 Å². The number of morpholine rings is 1. The lowest BCUT2D eigenvalue weighted by molar-refractivity contribution is -0.162. The zero-order chi connectivity index (χ0) is 9.84. The lowest BCUT2D eigenvalue weighted by Crippen LogP contribution is -2.52. The average molecular weight is 187 g/mol. The molecule has 0 aromatic carbocycles. The average Bonchev–Trinajstić information content (AvgIpc) is 2.11. The van der Waals surface area contributed by atoms with Gasteiger partial charge in [0.1, 0.15) is 13.2 Å². The number of amides is 2. The lowest BCUT2D eigenvalue weighted by Gasteiger charge is -2.30. The number of aliphatic hydroxyl groups excluding tert-OH is 1. The summed E-state index contributed by atoms with van der Waals surface area (Å²) in [5.41, 5.74) is 0. The number of rotatable bonds is 3. The maximum Gasteiger partial charge on any atom is 0.255 e. The number of imide groups is 1. The Kier molecular flexibility index (Phi) is 3.39. The van der Waals surface area contributed by atoms with Gasteiger partial charge in [0.05, 0.1) is 12.6 Å². The van der Waals surface area contributed by atoms with Crippen molar-refractivity contribution in [3.63, 3.8) is 0 Å². The summed E-state index contributed by atoms with van der Waals surface area (Å²) in [7, 11) is 0. The van der Waals surface area contributed by atoms with Gasteiger partial charge in [-0.1, -0.05) is 6.92 Å². The predicted molar refractivity (Wildman–Crippen MR) is 43.8 cm³/mol. The lowest BCUT2D eigenvalue weighted by atomic mass is 10.2. The van der Waals surface area contributed by atoms with E-state index in [9.17, 15) is 9.59 Å². The fourth-order valence-electron chi connectivity index (χ4n) is 1.30. The van der Waals surface area contributed by atoms with Gasteiger partial charge in [-0.3, -0.25) is 14.5 Å². The van der Waals surface area contributed by atoms with Gasteiger partial charge in [0.25, 0.3) is 11.8 Å². The zero-order valence-corrected chi connectivity index (χ0v) is 7.52. The molecule has 1 fully saturated rings. The van der Waals surface area contributed by atoms with Crippen molar-refractivity contribution >= 4 is 11.8 Å². The normalized spacial score (nSPS) is 20.6. The first-order valence-electron chi connectivity index (χ1n) is 4.24. The van der Waals surface area contributed by atoms with Crippen molar-refractivity contribution in [2.45, 2.75) is 19.4 Å². The number of hydrogen-bond acceptors (Lipinski definition) is 4. The predicted octanol–water partition coefficient (Wildman–Crippen LogP) is -0.857. The van der Waals surface area contributed by atoms with Crippen molar-refractivity contribution in [3.05, 3.63) is 0 Å². The van der Waals surface area contributed by atoms with Crippen LogP contribution in [-0.2, 0) is 14.3 Å². The number of ether oxygens (including phenoxy) is 1. The number of hydrogen-bond donors (Lipinski definition) is 1. The highest BCUT2D eigenvalue weighted by atomic mass is 16.5. The van der Waals surface area contributed by atoms with Crippen LogP contribution in [0.15, 0.2) is 0 Å². The fourth-order valence-corrected chi connectivity index (χ4v) is 1.30. The maximum atomic E-state index is 11.2. The van der Waals surface area contributed by atoms with Gasteiger partial charge in [-0.2, -0.15) is 0 Å². The van der Waals surface area contributed by atoms with E-state index in [1.165, 1.54) is 0 Å². The Hall–Kier alpha value is -0.940. The number of carbonyl (C=O) groups is 2. The Balaban J connectivity index is 2.72. The highest BCUT2D eigenvalue weighted by Crippen LogP contribution is 2.09. The maximum absolute atomic E-state index is 11.2. The standard InChI is InChI=1S/C8H13NO4/c1-2-6(3-10)9-7(11)4-13-5-8(9)12/h6,10H,2-5H2,1H3/t6-/m0/s1. The Morgan fingerprint density at radius 1 is 1.46 bits per heavy atom. The molecule has 0 radical (unpaired) electrons. The SMILES string of the molecule is CC[C@@H](CO)N1C(=O)COCC1=O. The van der Waals surface area contributed by atoms with Gasteiger partial charge in [0.15, 0.2) is 0 Å². The molecule has 1 N–H and O–H groups in total. The van der Waals surface area contributed by atoms with Crippen molar-refractivity contribution in [2.24, 2.45) is 0 Å². The first-order chi connectivity index (χ1) is 6.20. The Morgan fingerprint density at radius 3 is 2.38 bits per heavy atom. The molecule has 13 heavy (non-hydrogen) atoms. The number of carbonyl (C=O) groups excluding carboxylic acids is 2. The van der Waals surface area contributed by atoms with E-state index < -0.39 is 6.04 Å². The van der Waals surface area contributed by atoms with Gasteiger partial charge in [0, 0.05) is 0 Å². The zero-order valence-electron chi connectivity index (χ0n) is 7.52. The molecule has 0 aliphatic carbocycles. The van der Waals surface area contributed by atoms with Crippen LogP contribution in [0.1, 0.15) is 13.3 Å². The number of nitrogens with zero attached hydrogens (tertiary/aromatic N) is 1. The molecule has 2 amide bonds. The molecule has 1 rings (SSSR count). The summed E-state index contributed by atoms with van der Waals surface area (Å²) in [6, 6.07) is -0.399. The van der Waals surface area contributed by atoms with Gasteiger partial charge in [-0.15, -0.1) is 0 Å². The molecule has 0 spiro atoms. The van der Waals surface area contributed by atoms with E-state index in [0.29, 0.717) is 6.42 Å². The summed E-state index contributed by atoms with van der Waals surface area (Å²) < 4.78 is 4.74. The van der Waals surface area contributed by atoms with E-state index in [-0.39, 0.29) is 31.6 Å². The summed E-state index contributed by atoms with van der Waals surface area (Å²) in [4.78, 5) is 23.6. The third kappa shape index (κ3) is 2.05. The second-order valence-corrected chi connectivity index (χ2v) is 2.89. The van der Waals surface area contributed by atoms with E-state index >= 15 is 0 Å². The number of aliphatic hydroxyl groups is 1. The largest absolute Gasteiger partial charge is 0.394 e. The molecule has 0 unspecified atom stereocenters. The Labute approximate surface area is 76.3 Å². The molecule has 1 aliphatic heterocycles. The van der Waals surface area contributed by atoms with Crippen LogP contribution in [0.2, 0.25) is 0 Å².